The number of methoxy groups -OCH3 is 1. The SMILES string of the molecule is COc1ccc(S(=O)(=O)N(CC(=O)NC2CCCCC2)C(CCSCc2ccccc2)C(=O)NOC(c2ccccc2)(c2ccccc2)c2ccccc2)cc1. The summed E-state index contributed by atoms with van der Waals surface area (Å²) >= 11 is 1.58. The van der Waals surface area contributed by atoms with Gasteiger partial charge in [-0.1, -0.05) is 141 Å². The molecule has 1 aliphatic rings. The minimum atomic E-state index is -4.41. The lowest BCUT2D eigenvalue weighted by molar-refractivity contribution is -0.147. The molecule has 5 aromatic rings. The summed E-state index contributed by atoms with van der Waals surface area (Å²) in [7, 11) is -2.92. The quantitative estimate of drug-likeness (QED) is 0.0528. The molecule has 0 aromatic heterocycles. The number of sulfonamides is 1. The second-order valence-corrected chi connectivity index (χ2v) is 16.8. The molecule has 292 valence electrons. The number of hydroxylamine groups is 1. The van der Waals surface area contributed by atoms with Crippen LogP contribution >= 0.6 is 11.8 Å². The molecule has 0 spiro atoms. The maximum absolute atomic E-state index is 14.8. The fraction of sp³-hybridized carbons (Fsp3) is 0.289. The van der Waals surface area contributed by atoms with Gasteiger partial charge in [0.2, 0.25) is 15.9 Å². The van der Waals surface area contributed by atoms with Crippen molar-refractivity contribution in [2.75, 3.05) is 19.4 Å². The van der Waals surface area contributed by atoms with E-state index < -0.39 is 40.0 Å². The zero-order valence-corrected chi connectivity index (χ0v) is 33.2. The van der Waals surface area contributed by atoms with Crippen molar-refractivity contribution >= 4 is 33.6 Å². The predicted molar refractivity (Wildman–Crippen MR) is 221 cm³/mol. The van der Waals surface area contributed by atoms with Crippen LogP contribution in [-0.4, -0.2) is 56.0 Å². The summed E-state index contributed by atoms with van der Waals surface area (Å²) in [5.74, 6) is 0.409. The number of nitrogens with one attached hydrogen (secondary N) is 2. The van der Waals surface area contributed by atoms with Gasteiger partial charge < -0.3 is 10.1 Å². The highest BCUT2D eigenvalue weighted by Gasteiger charge is 2.42. The smallest absolute Gasteiger partial charge is 0.262 e. The molecule has 6 rings (SSSR count). The van der Waals surface area contributed by atoms with Gasteiger partial charge in [0.25, 0.3) is 5.91 Å². The summed E-state index contributed by atoms with van der Waals surface area (Å²) in [5, 5.41) is 3.06. The van der Waals surface area contributed by atoms with E-state index in [1.165, 1.54) is 19.2 Å². The number of carbonyl (C=O) groups is 2. The van der Waals surface area contributed by atoms with Crippen molar-refractivity contribution in [3.8, 4) is 5.75 Å². The average molecular weight is 792 g/mol. The highest BCUT2D eigenvalue weighted by Crippen LogP contribution is 2.40. The van der Waals surface area contributed by atoms with Crippen LogP contribution in [0.5, 0.6) is 5.75 Å². The first-order valence-electron chi connectivity index (χ1n) is 19.0. The highest BCUT2D eigenvalue weighted by molar-refractivity contribution is 7.98. The van der Waals surface area contributed by atoms with Crippen LogP contribution in [0.3, 0.4) is 0 Å². The zero-order chi connectivity index (χ0) is 39.2. The summed E-state index contributed by atoms with van der Waals surface area (Å²) in [6.45, 7) is -0.548. The van der Waals surface area contributed by atoms with Crippen LogP contribution in [0.2, 0.25) is 0 Å². The number of carbonyl (C=O) groups excluding carboxylic acids is 2. The van der Waals surface area contributed by atoms with Gasteiger partial charge in [-0.2, -0.15) is 16.1 Å². The van der Waals surface area contributed by atoms with Gasteiger partial charge in [0.15, 0.2) is 5.60 Å². The molecule has 0 saturated heterocycles. The molecular weight excluding hydrogens is 743 g/mol. The van der Waals surface area contributed by atoms with Gasteiger partial charge in [-0.15, -0.1) is 0 Å². The minimum absolute atomic E-state index is 0.0536. The van der Waals surface area contributed by atoms with E-state index in [0.717, 1.165) is 58.7 Å². The van der Waals surface area contributed by atoms with Crippen molar-refractivity contribution in [3.63, 3.8) is 0 Å². The van der Waals surface area contributed by atoms with Gasteiger partial charge in [0, 0.05) is 11.8 Å². The number of thioether (sulfide) groups is 1. The number of hydrogen-bond donors (Lipinski definition) is 2. The van der Waals surface area contributed by atoms with Gasteiger partial charge in [0.05, 0.1) is 18.6 Å². The van der Waals surface area contributed by atoms with E-state index >= 15 is 0 Å². The lowest BCUT2D eigenvalue weighted by atomic mass is 9.80. The van der Waals surface area contributed by atoms with Gasteiger partial charge in [0.1, 0.15) is 11.8 Å². The fourth-order valence-corrected chi connectivity index (χ4v) is 9.70. The highest BCUT2D eigenvalue weighted by atomic mass is 32.2. The second kappa shape index (κ2) is 19.8. The Hall–Kier alpha value is -4.94. The zero-order valence-electron chi connectivity index (χ0n) is 31.6. The molecule has 1 atom stereocenters. The van der Waals surface area contributed by atoms with Crippen molar-refractivity contribution in [1.29, 1.82) is 0 Å². The third-order valence-corrected chi connectivity index (χ3v) is 13.0. The van der Waals surface area contributed by atoms with E-state index in [2.05, 4.69) is 10.8 Å². The topological polar surface area (TPSA) is 114 Å². The number of nitrogens with zero attached hydrogens (tertiary/aromatic N) is 1. The van der Waals surface area contributed by atoms with E-state index in [1.807, 2.05) is 121 Å². The van der Waals surface area contributed by atoms with Gasteiger partial charge in [-0.05, 0) is 71.5 Å². The first-order valence-corrected chi connectivity index (χ1v) is 21.6. The third-order valence-electron chi connectivity index (χ3n) is 10.1. The molecule has 1 unspecified atom stereocenters. The molecule has 1 saturated carbocycles. The van der Waals surface area contributed by atoms with E-state index in [0.29, 0.717) is 17.3 Å². The van der Waals surface area contributed by atoms with Crippen molar-refractivity contribution in [1.82, 2.24) is 15.1 Å². The van der Waals surface area contributed by atoms with E-state index in [9.17, 15) is 18.0 Å². The van der Waals surface area contributed by atoms with Crippen molar-refractivity contribution in [2.24, 2.45) is 0 Å². The Labute approximate surface area is 334 Å². The minimum Gasteiger partial charge on any atom is -0.497 e. The normalized spacial score (nSPS) is 14.2. The first-order chi connectivity index (χ1) is 27.3. The van der Waals surface area contributed by atoms with Crippen LogP contribution in [0.1, 0.15) is 60.8 Å². The molecule has 0 radical (unpaired) electrons. The summed E-state index contributed by atoms with van der Waals surface area (Å²) in [5.41, 5.74) is 4.80. The number of amides is 2. The Morgan fingerprint density at radius 3 is 1.79 bits per heavy atom. The third kappa shape index (κ3) is 10.1. The average Bonchev–Trinajstić information content (AvgIpc) is 3.25. The van der Waals surface area contributed by atoms with Crippen LogP contribution in [0, 0.1) is 0 Å². The monoisotopic (exact) mass is 791 g/mol. The maximum Gasteiger partial charge on any atom is 0.262 e. The number of rotatable bonds is 18. The maximum atomic E-state index is 14.8. The lowest BCUT2D eigenvalue weighted by Gasteiger charge is -2.36. The molecule has 1 aliphatic carbocycles. The summed E-state index contributed by atoms with van der Waals surface area (Å²) in [4.78, 5) is 35.3. The van der Waals surface area contributed by atoms with E-state index in [-0.39, 0.29) is 17.4 Å². The number of hydrogen-bond acceptors (Lipinski definition) is 7. The Kier molecular flexibility index (Phi) is 14.4. The van der Waals surface area contributed by atoms with E-state index in [1.54, 1.807) is 23.9 Å². The van der Waals surface area contributed by atoms with Crippen LogP contribution < -0.4 is 15.5 Å². The molecule has 0 aliphatic heterocycles. The molecular formula is C45H49N3O6S2. The molecule has 2 amide bonds. The van der Waals surface area contributed by atoms with Crippen LogP contribution in [0.15, 0.2) is 150 Å². The van der Waals surface area contributed by atoms with Gasteiger partial charge in [-0.25, -0.2) is 13.9 Å². The largest absolute Gasteiger partial charge is 0.497 e. The van der Waals surface area contributed by atoms with Crippen LogP contribution in [0.25, 0.3) is 0 Å². The molecule has 9 nitrogen and oxygen atoms in total. The van der Waals surface area contributed by atoms with Crippen molar-refractivity contribution in [3.05, 3.63) is 168 Å². The van der Waals surface area contributed by atoms with Crippen molar-refractivity contribution < 1.29 is 27.6 Å². The lowest BCUT2D eigenvalue weighted by Crippen LogP contribution is -2.55. The molecule has 1 fully saturated rings. The van der Waals surface area contributed by atoms with Crippen LogP contribution in [-0.2, 0) is 35.8 Å². The Morgan fingerprint density at radius 1 is 0.750 bits per heavy atom. The van der Waals surface area contributed by atoms with Gasteiger partial charge in [-0.3, -0.25) is 14.4 Å². The number of ether oxygens (including phenoxy) is 1. The Bertz CT molecular complexity index is 1990. The fourth-order valence-electron chi connectivity index (χ4n) is 7.16. The molecule has 0 heterocycles. The van der Waals surface area contributed by atoms with Crippen LogP contribution in [0.4, 0.5) is 0 Å². The summed E-state index contributed by atoms with van der Waals surface area (Å²) in [6, 6.07) is 43.3. The molecule has 56 heavy (non-hydrogen) atoms. The van der Waals surface area contributed by atoms with Gasteiger partial charge >= 0.3 is 0 Å². The number of benzene rings is 5. The Balaban J connectivity index is 1.38. The van der Waals surface area contributed by atoms with E-state index in [4.69, 9.17) is 9.57 Å². The molecule has 2 N–H and O–H groups in total. The molecule has 5 aromatic carbocycles. The van der Waals surface area contributed by atoms with Crippen molar-refractivity contribution in [2.45, 2.75) is 66.9 Å². The predicted octanol–water partition coefficient (Wildman–Crippen LogP) is 7.87. The first kappa shape index (κ1) is 40.7. The molecule has 0 bridgehead atoms. The Morgan fingerprint density at radius 2 is 1.27 bits per heavy atom. The summed E-state index contributed by atoms with van der Waals surface area (Å²) < 4.78 is 35.7. The standard InChI is InChI=1S/C45H49N3O6S2/c1-53-40-27-29-41(30-28-40)56(51,52)48(33-43(49)46-39-25-15-6-16-26-39)42(31-32-55-34-35-17-7-2-8-18-35)44(50)47-54-45(36-19-9-3-10-20-36,37-21-11-4-12-22-37)38-23-13-5-14-24-38/h2-5,7-14,17-24,27-30,39,42H,6,15-16,25-26,31-34H2,1H3,(H,46,49)(H,47,50). The summed E-state index contributed by atoms with van der Waals surface area (Å²) in [6.07, 6.45) is 4.84. The second-order valence-electron chi connectivity index (χ2n) is 13.8. The molecule has 11 heteroatoms.